The number of fused-ring (bicyclic) bond motifs is 2. The summed E-state index contributed by atoms with van der Waals surface area (Å²) in [4.78, 5) is 5.36. The normalized spacial score (nSPS) is 39.3. The molecular weight excluding hydrogens is 222 g/mol. The first kappa shape index (κ1) is 12.9. The van der Waals surface area contributed by atoms with Gasteiger partial charge in [-0.15, -0.1) is 0 Å². The fourth-order valence-corrected chi connectivity index (χ4v) is 4.35. The van der Waals surface area contributed by atoms with Crippen LogP contribution in [0.15, 0.2) is 0 Å². The van der Waals surface area contributed by atoms with Gasteiger partial charge in [0, 0.05) is 24.7 Å². The van der Waals surface area contributed by atoms with Gasteiger partial charge in [0.15, 0.2) is 0 Å². The van der Waals surface area contributed by atoms with Crippen LogP contribution in [0.1, 0.15) is 38.5 Å². The molecule has 0 aliphatic carbocycles. The van der Waals surface area contributed by atoms with Crippen molar-refractivity contribution < 1.29 is 0 Å². The monoisotopic (exact) mass is 251 g/mol. The molecule has 0 amide bonds. The highest BCUT2D eigenvalue weighted by atomic mass is 15.2. The minimum Gasteiger partial charge on any atom is -0.317 e. The van der Waals surface area contributed by atoms with E-state index in [9.17, 15) is 0 Å². The molecule has 3 rings (SSSR count). The van der Waals surface area contributed by atoms with Gasteiger partial charge < -0.3 is 10.2 Å². The predicted molar refractivity (Wildman–Crippen MR) is 75.8 cm³/mol. The Labute approximate surface area is 112 Å². The number of hydrogen-bond donors (Lipinski definition) is 1. The largest absolute Gasteiger partial charge is 0.317 e. The van der Waals surface area contributed by atoms with Crippen molar-refractivity contribution in [1.29, 1.82) is 0 Å². The first-order valence-electron chi connectivity index (χ1n) is 7.88. The number of nitrogens with zero attached hydrogens (tertiary/aromatic N) is 2. The van der Waals surface area contributed by atoms with Gasteiger partial charge in [0.25, 0.3) is 0 Å². The Hall–Kier alpha value is -0.120. The van der Waals surface area contributed by atoms with Crippen molar-refractivity contribution in [3.8, 4) is 0 Å². The van der Waals surface area contributed by atoms with Crippen molar-refractivity contribution >= 4 is 0 Å². The lowest BCUT2D eigenvalue weighted by atomic mass is 9.92. The zero-order valence-corrected chi connectivity index (χ0v) is 12.1. The van der Waals surface area contributed by atoms with Gasteiger partial charge in [0.1, 0.15) is 0 Å². The molecule has 3 fully saturated rings. The van der Waals surface area contributed by atoms with Crippen LogP contribution in [0.3, 0.4) is 0 Å². The van der Waals surface area contributed by atoms with Crippen molar-refractivity contribution in [3.63, 3.8) is 0 Å². The molecule has 2 bridgehead atoms. The lowest BCUT2D eigenvalue weighted by Gasteiger charge is -2.42. The van der Waals surface area contributed by atoms with Crippen molar-refractivity contribution in [1.82, 2.24) is 15.1 Å². The maximum absolute atomic E-state index is 3.50. The first-order valence-corrected chi connectivity index (χ1v) is 7.88. The molecular formula is C15H29N3. The molecule has 3 heterocycles. The van der Waals surface area contributed by atoms with Crippen LogP contribution in [0.25, 0.3) is 0 Å². The van der Waals surface area contributed by atoms with Gasteiger partial charge in [-0.25, -0.2) is 0 Å². The average Bonchev–Trinajstić information content (AvgIpc) is 2.63. The Bertz CT molecular complexity index is 259. The van der Waals surface area contributed by atoms with Crippen LogP contribution in [-0.2, 0) is 0 Å². The van der Waals surface area contributed by atoms with E-state index in [-0.39, 0.29) is 0 Å². The Kier molecular flexibility index (Phi) is 3.92. The van der Waals surface area contributed by atoms with Gasteiger partial charge >= 0.3 is 0 Å². The molecule has 1 N–H and O–H groups in total. The van der Waals surface area contributed by atoms with Crippen LogP contribution in [0.5, 0.6) is 0 Å². The van der Waals surface area contributed by atoms with Crippen molar-refractivity contribution in [3.05, 3.63) is 0 Å². The van der Waals surface area contributed by atoms with E-state index < -0.39 is 0 Å². The maximum atomic E-state index is 3.50. The summed E-state index contributed by atoms with van der Waals surface area (Å²) in [6, 6.07) is 2.57. The molecule has 3 aliphatic rings. The smallest absolute Gasteiger partial charge is 0.0114 e. The lowest BCUT2D eigenvalue weighted by Crippen LogP contribution is -2.50. The summed E-state index contributed by atoms with van der Waals surface area (Å²) in [5, 5.41) is 3.50. The zero-order valence-electron chi connectivity index (χ0n) is 12.1. The summed E-state index contributed by atoms with van der Waals surface area (Å²) in [5.41, 5.74) is 0. The number of hydrogen-bond acceptors (Lipinski definition) is 3. The summed E-state index contributed by atoms with van der Waals surface area (Å²) >= 11 is 0. The Morgan fingerprint density at radius 2 is 1.61 bits per heavy atom. The summed E-state index contributed by atoms with van der Waals surface area (Å²) < 4.78 is 0. The summed E-state index contributed by atoms with van der Waals surface area (Å²) in [6.45, 7) is 4.01. The number of rotatable bonds is 3. The lowest BCUT2D eigenvalue weighted by molar-refractivity contribution is 0.0809. The highest BCUT2D eigenvalue weighted by Gasteiger charge is 2.40. The molecule has 2 unspecified atom stereocenters. The minimum absolute atomic E-state index is 0.788. The molecule has 3 saturated heterocycles. The Morgan fingerprint density at radius 1 is 1.00 bits per heavy atom. The van der Waals surface area contributed by atoms with Gasteiger partial charge in [-0.2, -0.15) is 0 Å². The highest BCUT2D eigenvalue weighted by Crippen LogP contribution is 2.37. The van der Waals surface area contributed by atoms with Crippen LogP contribution >= 0.6 is 0 Å². The van der Waals surface area contributed by atoms with E-state index in [1.807, 2.05) is 0 Å². The third kappa shape index (κ3) is 2.59. The second kappa shape index (κ2) is 5.48. The van der Waals surface area contributed by atoms with Crippen molar-refractivity contribution in [2.24, 2.45) is 5.92 Å². The second-order valence-corrected chi connectivity index (χ2v) is 6.79. The van der Waals surface area contributed by atoms with E-state index in [4.69, 9.17) is 0 Å². The van der Waals surface area contributed by atoms with E-state index in [1.165, 1.54) is 58.2 Å². The molecule has 0 radical (unpaired) electrons. The van der Waals surface area contributed by atoms with E-state index >= 15 is 0 Å². The number of nitrogens with one attached hydrogen (secondary N) is 1. The topological polar surface area (TPSA) is 18.5 Å². The summed E-state index contributed by atoms with van der Waals surface area (Å²) in [7, 11) is 4.40. The molecule has 3 aliphatic heterocycles. The van der Waals surface area contributed by atoms with E-state index in [1.54, 1.807) is 0 Å². The molecule has 0 spiro atoms. The minimum atomic E-state index is 0.788. The zero-order chi connectivity index (χ0) is 12.5. The molecule has 18 heavy (non-hydrogen) atoms. The van der Waals surface area contributed by atoms with E-state index in [2.05, 4.69) is 29.2 Å². The fraction of sp³-hybridized carbons (Fsp3) is 1.00. The van der Waals surface area contributed by atoms with Crippen LogP contribution in [-0.4, -0.2) is 61.7 Å². The predicted octanol–water partition coefficient (Wildman–Crippen LogP) is 1.54. The summed E-state index contributed by atoms with van der Waals surface area (Å²) in [5.74, 6) is 0.968. The third-order valence-corrected chi connectivity index (χ3v) is 5.60. The van der Waals surface area contributed by atoms with Crippen LogP contribution in [0.2, 0.25) is 0 Å². The van der Waals surface area contributed by atoms with Crippen molar-refractivity contribution in [2.45, 2.75) is 56.7 Å². The summed E-state index contributed by atoms with van der Waals surface area (Å²) in [6.07, 6.45) is 8.52. The van der Waals surface area contributed by atoms with E-state index in [0.717, 1.165) is 24.0 Å². The van der Waals surface area contributed by atoms with Gasteiger partial charge in [-0.3, -0.25) is 4.90 Å². The third-order valence-electron chi connectivity index (χ3n) is 5.60. The van der Waals surface area contributed by atoms with Gasteiger partial charge in [-0.05, 0) is 71.6 Å². The van der Waals surface area contributed by atoms with Crippen molar-refractivity contribution in [2.75, 3.05) is 33.7 Å². The molecule has 2 atom stereocenters. The van der Waals surface area contributed by atoms with Gasteiger partial charge in [0.05, 0.1) is 0 Å². The van der Waals surface area contributed by atoms with Gasteiger partial charge in [-0.1, -0.05) is 0 Å². The average molecular weight is 251 g/mol. The fourth-order valence-electron chi connectivity index (χ4n) is 4.35. The van der Waals surface area contributed by atoms with Gasteiger partial charge in [0.2, 0.25) is 0 Å². The molecule has 104 valence electrons. The quantitative estimate of drug-likeness (QED) is 0.821. The molecule has 0 aromatic carbocycles. The molecule has 0 saturated carbocycles. The molecule has 0 aromatic heterocycles. The number of piperidine rings is 2. The molecule has 3 heteroatoms. The van der Waals surface area contributed by atoms with E-state index in [0.29, 0.717) is 0 Å². The molecule has 3 nitrogen and oxygen atoms in total. The number of likely N-dealkylation sites (tertiary alicyclic amines) is 1. The van der Waals surface area contributed by atoms with Crippen LogP contribution in [0.4, 0.5) is 0 Å². The Balaban J connectivity index is 1.54. The standard InChI is InChI=1S/C15H29N3/c1-16-13-9-14-3-4-15(10-13)18(14)11-12-5-7-17(2)8-6-12/h12-16H,3-11H2,1-2H3. The highest BCUT2D eigenvalue weighted by molar-refractivity contribution is 4.97. The SMILES string of the molecule is CNC1CC2CCC(C1)N2CC1CCN(C)CC1. The first-order chi connectivity index (χ1) is 8.76. The molecule has 0 aromatic rings. The maximum Gasteiger partial charge on any atom is 0.0114 e. The second-order valence-electron chi connectivity index (χ2n) is 6.79. The van der Waals surface area contributed by atoms with Crippen LogP contribution in [0, 0.1) is 5.92 Å². The Morgan fingerprint density at radius 3 is 2.17 bits per heavy atom. The van der Waals surface area contributed by atoms with Crippen LogP contribution < -0.4 is 5.32 Å².